The van der Waals surface area contributed by atoms with Crippen LogP contribution in [-0.2, 0) is 16.0 Å². The van der Waals surface area contributed by atoms with Crippen molar-refractivity contribution >= 4 is 23.5 Å². The number of likely N-dealkylation sites (N-methyl/N-ethyl adjacent to an activating group) is 1. The molecular weight excluding hydrogens is 246 g/mol. The van der Waals surface area contributed by atoms with Crippen LogP contribution in [0.2, 0.25) is 0 Å². The lowest BCUT2D eigenvalue weighted by Gasteiger charge is -2.15. The fraction of sp³-hybridized carbons (Fsp3) is 0.429. The summed E-state index contributed by atoms with van der Waals surface area (Å²) in [4.78, 5) is 25.0. The fourth-order valence-corrected chi connectivity index (χ4v) is 2.25. The van der Waals surface area contributed by atoms with Gasteiger partial charge in [-0.3, -0.25) is 9.59 Å². The van der Waals surface area contributed by atoms with E-state index in [1.807, 2.05) is 11.8 Å². The first kappa shape index (κ1) is 14.8. The highest BCUT2D eigenvalue weighted by atomic mass is 32.2. The largest absolute Gasteiger partial charge is 0.339 e. The van der Waals surface area contributed by atoms with Crippen molar-refractivity contribution in [2.45, 2.75) is 25.2 Å². The number of carbonyl (C=O) groups excluding carboxylic acids is 2. The van der Waals surface area contributed by atoms with Crippen LogP contribution in [0.4, 0.5) is 0 Å². The summed E-state index contributed by atoms with van der Waals surface area (Å²) in [7, 11) is 1.66. The molecule has 0 fully saturated rings. The van der Waals surface area contributed by atoms with E-state index in [-0.39, 0.29) is 0 Å². The molecule has 4 heteroatoms. The Balaban J connectivity index is 2.48. The zero-order chi connectivity index (χ0) is 13.5. The summed E-state index contributed by atoms with van der Waals surface area (Å²) in [5.74, 6) is 0.232. The van der Waals surface area contributed by atoms with Crippen LogP contribution in [0.3, 0.4) is 0 Å². The monoisotopic (exact) mass is 265 g/mol. The minimum atomic E-state index is -0.423. The van der Waals surface area contributed by atoms with E-state index in [2.05, 4.69) is 31.2 Å². The number of thioether (sulfide) groups is 1. The van der Waals surface area contributed by atoms with Crippen LogP contribution in [0.1, 0.15) is 19.4 Å². The van der Waals surface area contributed by atoms with Crippen LogP contribution < -0.4 is 0 Å². The third-order valence-corrected chi connectivity index (χ3v) is 3.51. The quantitative estimate of drug-likeness (QED) is 0.585. The SMILES string of the molecule is CCSc1ccc(CCN(C)C(=O)C(C)=O)cc1. The molecule has 0 bridgehead atoms. The Hall–Kier alpha value is -1.29. The lowest BCUT2D eigenvalue weighted by Crippen LogP contribution is -2.33. The van der Waals surface area contributed by atoms with E-state index in [0.29, 0.717) is 6.54 Å². The number of hydrogen-bond acceptors (Lipinski definition) is 3. The number of Topliss-reactive ketones (excluding diaryl/α,β-unsaturated/α-hetero) is 1. The van der Waals surface area contributed by atoms with Crippen molar-refractivity contribution in [1.82, 2.24) is 4.90 Å². The number of hydrogen-bond donors (Lipinski definition) is 0. The maximum Gasteiger partial charge on any atom is 0.289 e. The molecule has 1 aromatic rings. The van der Waals surface area contributed by atoms with E-state index in [1.165, 1.54) is 22.3 Å². The van der Waals surface area contributed by atoms with Crippen molar-refractivity contribution in [3.8, 4) is 0 Å². The molecular formula is C14H19NO2S. The zero-order valence-corrected chi connectivity index (χ0v) is 11.9. The van der Waals surface area contributed by atoms with Gasteiger partial charge in [-0.25, -0.2) is 0 Å². The van der Waals surface area contributed by atoms with Gasteiger partial charge in [-0.15, -0.1) is 11.8 Å². The number of ketones is 1. The number of rotatable bonds is 6. The van der Waals surface area contributed by atoms with Gasteiger partial charge in [0.2, 0.25) is 5.78 Å². The first-order chi connectivity index (χ1) is 8.54. The van der Waals surface area contributed by atoms with Gasteiger partial charge in [-0.1, -0.05) is 19.1 Å². The van der Waals surface area contributed by atoms with E-state index in [1.54, 1.807) is 7.05 Å². The van der Waals surface area contributed by atoms with Gasteiger partial charge < -0.3 is 4.90 Å². The topological polar surface area (TPSA) is 37.4 Å². The highest BCUT2D eigenvalue weighted by Crippen LogP contribution is 2.17. The van der Waals surface area contributed by atoms with Gasteiger partial charge >= 0.3 is 0 Å². The summed E-state index contributed by atoms with van der Waals surface area (Å²) in [5.41, 5.74) is 1.18. The average molecular weight is 265 g/mol. The summed E-state index contributed by atoms with van der Waals surface area (Å²) in [6, 6.07) is 8.33. The predicted octanol–water partition coefficient (Wildman–Crippen LogP) is 2.39. The Morgan fingerprint density at radius 2 is 1.83 bits per heavy atom. The lowest BCUT2D eigenvalue weighted by atomic mass is 10.1. The van der Waals surface area contributed by atoms with Crippen LogP contribution in [-0.4, -0.2) is 35.9 Å². The summed E-state index contributed by atoms with van der Waals surface area (Å²) in [6.07, 6.45) is 0.770. The minimum absolute atomic E-state index is 0.410. The second-order valence-corrected chi connectivity index (χ2v) is 5.45. The highest BCUT2D eigenvalue weighted by Gasteiger charge is 2.12. The molecule has 0 aliphatic heterocycles. The van der Waals surface area contributed by atoms with Gasteiger partial charge in [0.25, 0.3) is 5.91 Å². The van der Waals surface area contributed by atoms with Crippen molar-refractivity contribution in [1.29, 1.82) is 0 Å². The molecule has 0 aliphatic rings. The summed E-state index contributed by atoms with van der Waals surface area (Å²) in [6.45, 7) is 4.00. The molecule has 1 amide bonds. The maximum atomic E-state index is 11.4. The van der Waals surface area contributed by atoms with E-state index in [0.717, 1.165) is 12.2 Å². The summed E-state index contributed by atoms with van der Waals surface area (Å²) in [5, 5.41) is 0. The molecule has 0 heterocycles. The van der Waals surface area contributed by atoms with Crippen LogP contribution in [0.5, 0.6) is 0 Å². The van der Waals surface area contributed by atoms with Crippen LogP contribution in [0.15, 0.2) is 29.2 Å². The second kappa shape index (κ2) is 7.21. The Morgan fingerprint density at radius 1 is 1.22 bits per heavy atom. The van der Waals surface area contributed by atoms with Crippen molar-refractivity contribution in [2.24, 2.45) is 0 Å². The first-order valence-corrected chi connectivity index (χ1v) is 7.01. The average Bonchev–Trinajstić information content (AvgIpc) is 2.37. The van der Waals surface area contributed by atoms with Crippen molar-refractivity contribution in [2.75, 3.05) is 19.3 Å². The van der Waals surface area contributed by atoms with Gasteiger partial charge in [-0.05, 0) is 29.9 Å². The fourth-order valence-electron chi connectivity index (χ4n) is 1.59. The molecule has 1 aromatic carbocycles. The van der Waals surface area contributed by atoms with Gasteiger partial charge in [0.15, 0.2) is 0 Å². The van der Waals surface area contributed by atoms with Gasteiger partial charge in [0.05, 0.1) is 0 Å². The number of amides is 1. The molecule has 18 heavy (non-hydrogen) atoms. The molecule has 3 nitrogen and oxygen atoms in total. The molecule has 1 rings (SSSR count). The Morgan fingerprint density at radius 3 is 2.33 bits per heavy atom. The predicted molar refractivity (Wildman–Crippen MR) is 74.9 cm³/mol. The molecule has 0 atom stereocenters. The van der Waals surface area contributed by atoms with E-state index >= 15 is 0 Å². The van der Waals surface area contributed by atoms with Gasteiger partial charge in [-0.2, -0.15) is 0 Å². The summed E-state index contributed by atoms with van der Waals surface area (Å²) < 4.78 is 0. The van der Waals surface area contributed by atoms with E-state index < -0.39 is 11.7 Å². The second-order valence-electron chi connectivity index (χ2n) is 4.11. The number of nitrogens with zero attached hydrogens (tertiary/aromatic N) is 1. The van der Waals surface area contributed by atoms with Crippen LogP contribution in [0, 0.1) is 0 Å². The molecule has 0 saturated carbocycles. The van der Waals surface area contributed by atoms with Crippen molar-refractivity contribution in [3.05, 3.63) is 29.8 Å². The zero-order valence-electron chi connectivity index (χ0n) is 11.1. The molecule has 0 radical (unpaired) electrons. The first-order valence-electron chi connectivity index (χ1n) is 6.02. The molecule has 0 saturated heterocycles. The number of benzene rings is 1. The molecule has 98 valence electrons. The Labute approximate surface area is 113 Å². The van der Waals surface area contributed by atoms with Crippen molar-refractivity contribution in [3.63, 3.8) is 0 Å². The van der Waals surface area contributed by atoms with Crippen molar-refractivity contribution < 1.29 is 9.59 Å². The minimum Gasteiger partial charge on any atom is -0.339 e. The standard InChI is InChI=1S/C14H19NO2S/c1-4-18-13-7-5-12(6-8-13)9-10-15(3)14(17)11(2)16/h5-8H,4,9-10H2,1-3H3. The van der Waals surface area contributed by atoms with E-state index in [9.17, 15) is 9.59 Å². The van der Waals surface area contributed by atoms with Crippen LogP contribution >= 0.6 is 11.8 Å². The maximum absolute atomic E-state index is 11.4. The molecule has 0 N–H and O–H groups in total. The van der Waals surface area contributed by atoms with Crippen LogP contribution in [0.25, 0.3) is 0 Å². The van der Waals surface area contributed by atoms with Gasteiger partial charge in [0.1, 0.15) is 0 Å². The lowest BCUT2D eigenvalue weighted by molar-refractivity contribution is -0.142. The normalized spacial score (nSPS) is 10.2. The smallest absolute Gasteiger partial charge is 0.289 e. The molecule has 0 spiro atoms. The number of carbonyl (C=O) groups is 2. The summed E-state index contributed by atoms with van der Waals surface area (Å²) >= 11 is 1.81. The highest BCUT2D eigenvalue weighted by molar-refractivity contribution is 7.99. The van der Waals surface area contributed by atoms with Gasteiger partial charge in [0, 0.05) is 25.4 Å². The van der Waals surface area contributed by atoms with E-state index in [4.69, 9.17) is 0 Å². The third kappa shape index (κ3) is 4.53. The Bertz CT molecular complexity index is 414. The molecule has 0 aromatic heterocycles. The third-order valence-electron chi connectivity index (χ3n) is 2.62. The molecule has 0 aliphatic carbocycles. The molecule has 0 unspecified atom stereocenters. The Kier molecular flexibility index (Phi) is 5.92.